The molecule has 3 nitrogen and oxygen atoms in total. The molecule has 0 aliphatic carbocycles. The standard InChI is InChI=1S/C12H17NO2/c1-13-12(9-11(15-13)7-8-14)10-5-3-2-4-6-10/h2-6,11-12,14H,7-9H2,1H3/t11-,12-/m1/s1. The van der Waals surface area contributed by atoms with Gasteiger partial charge in [0.2, 0.25) is 0 Å². The molecule has 0 radical (unpaired) electrons. The average molecular weight is 207 g/mol. The highest BCUT2D eigenvalue weighted by molar-refractivity contribution is 5.19. The summed E-state index contributed by atoms with van der Waals surface area (Å²) in [5.41, 5.74) is 1.28. The Balaban J connectivity index is 2.05. The number of aliphatic hydroxyl groups is 1. The summed E-state index contributed by atoms with van der Waals surface area (Å²) >= 11 is 0. The van der Waals surface area contributed by atoms with Crippen molar-refractivity contribution in [2.24, 2.45) is 0 Å². The van der Waals surface area contributed by atoms with Crippen molar-refractivity contribution in [3.05, 3.63) is 35.9 Å². The van der Waals surface area contributed by atoms with E-state index >= 15 is 0 Å². The molecule has 0 bridgehead atoms. The Morgan fingerprint density at radius 3 is 2.80 bits per heavy atom. The lowest BCUT2D eigenvalue weighted by atomic mass is 10.0. The van der Waals surface area contributed by atoms with Gasteiger partial charge in [-0.15, -0.1) is 0 Å². The van der Waals surface area contributed by atoms with Crippen LogP contribution in [-0.2, 0) is 4.84 Å². The topological polar surface area (TPSA) is 32.7 Å². The minimum absolute atomic E-state index is 0.158. The van der Waals surface area contributed by atoms with Crippen LogP contribution >= 0.6 is 0 Å². The van der Waals surface area contributed by atoms with E-state index in [1.165, 1.54) is 5.56 Å². The van der Waals surface area contributed by atoms with Crippen molar-refractivity contribution in [2.75, 3.05) is 13.7 Å². The molecule has 1 aromatic carbocycles. The van der Waals surface area contributed by atoms with Gasteiger partial charge >= 0.3 is 0 Å². The van der Waals surface area contributed by atoms with Crippen molar-refractivity contribution in [2.45, 2.75) is 25.0 Å². The molecule has 0 aromatic heterocycles. The lowest BCUT2D eigenvalue weighted by Crippen LogP contribution is -2.17. The summed E-state index contributed by atoms with van der Waals surface area (Å²) in [4.78, 5) is 5.64. The number of hydroxylamine groups is 2. The number of nitrogens with zero attached hydrogens (tertiary/aromatic N) is 1. The van der Waals surface area contributed by atoms with Gasteiger partial charge in [0.1, 0.15) is 0 Å². The molecule has 0 spiro atoms. The first-order valence-electron chi connectivity index (χ1n) is 5.36. The van der Waals surface area contributed by atoms with Crippen molar-refractivity contribution in [3.8, 4) is 0 Å². The van der Waals surface area contributed by atoms with E-state index in [2.05, 4.69) is 12.1 Å². The lowest BCUT2D eigenvalue weighted by Gasteiger charge is -2.17. The molecule has 1 heterocycles. The molecular weight excluding hydrogens is 190 g/mol. The maximum atomic E-state index is 8.87. The van der Waals surface area contributed by atoms with E-state index in [0.717, 1.165) is 6.42 Å². The summed E-state index contributed by atoms with van der Waals surface area (Å²) in [6, 6.07) is 10.7. The zero-order chi connectivity index (χ0) is 10.7. The molecule has 1 fully saturated rings. The monoisotopic (exact) mass is 207 g/mol. The molecule has 1 aromatic rings. The first-order chi connectivity index (χ1) is 7.31. The number of benzene rings is 1. The summed E-state index contributed by atoms with van der Waals surface area (Å²) in [7, 11) is 1.95. The Kier molecular flexibility index (Phi) is 3.36. The molecule has 15 heavy (non-hydrogen) atoms. The third kappa shape index (κ3) is 2.37. The third-order valence-electron chi connectivity index (χ3n) is 2.88. The number of aliphatic hydroxyl groups excluding tert-OH is 1. The fourth-order valence-electron chi connectivity index (χ4n) is 2.08. The highest BCUT2D eigenvalue weighted by Crippen LogP contribution is 2.33. The van der Waals surface area contributed by atoms with Crippen molar-refractivity contribution < 1.29 is 9.94 Å². The molecule has 1 aliphatic heterocycles. The molecule has 0 amide bonds. The van der Waals surface area contributed by atoms with Crippen LogP contribution in [0.2, 0.25) is 0 Å². The first-order valence-corrected chi connectivity index (χ1v) is 5.36. The smallest absolute Gasteiger partial charge is 0.0834 e. The van der Waals surface area contributed by atoms with Crippen LogP contribution < -0.4 is 0 Å². The molecule has 3 heteroatoms. The number of hydrogen-bond donors (Lipinski definition) is 1. The largest absolute Gasteiger partial charge is 0.396 e. The van der Waals surface area contributed by atoms with E-state index in [1.807, 2.05) is 30.3 Å². The average Bonchev–Trinajstić information content (AvgIpc) is 2.61. The molecular formula is C12H17NO2. The Morgan fingerprint density at radius 2 is 2.13 bits per heavy atom. The fourth-order valence-corrected chi connectivity index (χ4v) is 2.08. The Bertz CT molecular complexity index is 302. The summed E-state index contributed by atoms with van der Waals surface area (Å²) in [6.07, 6.45) is 1.83. The van der Waals surface area contributed by atoms with E-state index in [9.17, 15) is 0 Å². The quantitative estimate of drug-likeness (QED) is 0.819. The maximum Gasteiger partial charge on any atom is 0.0834 e. The van der Waals surface area contributed by atoms with Crippen molar-refractivity contribution in [1.29, 1.82) is 0 Å². The number of hydrogen-bond acceptors (Lipinski definition) is 3. The summed E-state index contributed by atoms with van der Waals surface area (Å²) in [5, 5.41) is 10.8. The van der Waals surface area contributed by atoms with Gasteiger partial charge in [0, 0.05) is 13.7 Å². The Hall–Kier alpha value is -0.900. The zero-order valence-electron chi connectivity index (χ0n) is 8.97. The minimum atomic E-state index is 0.158. The van der Waals surface area contributed by atoms with E-state index in [4.69, 9.17) is 9.94 Å². The molecule has 2 rings (SSSR count). The maximum absolute atomic E-state index is 8.87. The minimum Gasteiger partial charge on any atom is -0.396 e. The molecule has 2 atom stereocenters. The Labute approximate surface area is 90.2 Å². The Morgan fingerprint density at radius 1 is 1.40 bits per heavy atom. The lowest BCUT2D eigenvalue weighted by molar-refractivity contribution is -0.147. The van der Waals surface area contributed by atoms with E-state index in [1.54, 1.807) is 0 Å². The first kappa shape index (κ1) is 10.6. The molecule has 1 N–H and O–H groups in total. The van der Waals surface area contributed by atoms with Crippen LogP contribution in [0.25, 0.3) is 0 Å². The highest BCUT2D eigenvalue weighted by Gasteiger charge is 2.31. The third-order valence-corrected chi connectivity index (χ3v) is 2.88. The molecule has 1 saturated heterocycles. The van der Waals surface area contributed by atoms with Gasteiger partial charge in [-0.1, -0.05) is 30.3 Å². The second kappa shape index (κ2) is 4.75. The van der Waals surface area contributed by atoms with Crippen molar-refractivity contribution in [1.82, 2.24) is 5.06 Å². The molecule has 82 valence electrons. The van der Waals surface area contributed by atoms with E-state index < -0.39 is 0 Å². The molecule has 0 unspecified atom stereocenters. The van der Waals surface area contributed by atoms with Gasteiger partial charge in [0.25, 0.3) is 0 Å². The van der Waals surface area contributed by atoms with E-state index in [0.29, 0.717) is 12.5 Å². The van der Waals surface area contributed by atoms with Gasteiger partial charge in [0.05, 0.1) is 12.1 Å². The molecule has 0 saturated carbocycles. The SMILES string of the molecule is CN1O[C@H](CCO)C[C@@H]1c1ccccc1. The number of rotatable bonds is 3. The van der Waals surface area contributed by atoms with Gasteiger partial charge in [-0.05, 0) is 18.4 Å². The van der Waals surface area contributed by atoms with Crippen LogP contribution in [0, 0.1) is 0 Å². The van der Waals surface area contributed by atoms with Crippen molar-refractivity contribution >= 4 is 0 Å². The van der Waals surface area contributed by atoms with Crippen LogP contribution in [0.1, 0.15) is 24.4 Å². The van der Waals surface area contributed by atoms with Gasteiger partial charge in [0.15, 0.2) is 0 Å². The van der Waals surface area contributed by atoms with Crippen LogP contribution in [-0.4, -0.2) is 29.9 Å². The van der Waals surface area contributed by atoms with Crippen LogP contribution in [0.4, 0.5) is 0 Å². The van der Waals surface area contributed by atoms with Crippen LogP contribution in [0.15, 0.2) is 30.3 Å². The van der Waals surface area contributed by atoms with Gasteiger partial charge in [-0.2, -0.15) is 5.06 Å². The van der Waals surface area contributed by atoms with E-state index in [-0.39, 0.29) is 12.7 Å². The van der Waals surface area contributed by atoms with Crippen LogP contribution in [0.3, 0.4) is 0 Å². The second-order valence-corrected chi connectivity index (χ2v) is 3.95. The normalized spacial score (nSPS) is 27.1. The second-order valence-electron chi connectivity index (χ2n) is 3.95. The van der Waals surface area contributed by atoms with Crippen LogP contribution in [0.5, 0.6) is 0 Å². The summed E-state index contributed by atoms with van der Waals surface area (Å²) < 4.78 is 0. The zero-order valence-corrected chi connectivity index (χ0v) is 8.97. The van der Waals surface area contributed by atoms with Gasteiger partial charge < -0.3 is 5.11 Å². The molecule has 1 aliphatic rings. The predicted octanol–water partition coefficient (Wildman–Crippen LogP) is 1.75. The van der Waals surface area contributed by atoms with Gasteiger partial charge in [-0.3, -0.25) is 4.84 Å². The summed E-state index contributed by atoms with van der Waals surface area (Å²) in [5.74, 6) is 0. The fraction of sp³-hybridized carbons (Fsp3) is 0.500. The highest BCUT2D eigenvalue weighted by atomic mass is 16.7. The summed E-state index contributed by atoms with van der Waals surface area (Å²) in [6.45, 7) is 0.194. The van der Waals surface area contributed by atoms with Crippen molar-refractivity contribution in [3.63, 3.8) is 0 Å². The predicted molar refractivity (Wildman–Crippen MR) is 58.1 cm³/mol. The van der Waals surface area contributed by atoms with Gasteiger partial charge in [-0.25, -0.2) is 0 Å².